The van der Waals surface area contributed by atoms with Crippen molar-refractivity contribution in [2.45, 2.75) is 13.8 Å². The number of ether oxygens (including phenoxy) is 2. The van der Waals surface area contributed by atoms with Gasteiger partial charge in [0.1, 0.15) is 0 Å². The summed E-state index contributed by atoms with van der Waals surface area (Å²) in [5.41, 5.74) is 0. The molecular formula is C6H13KO4S2. The minimum atomic E-state index is -0.516. The molecule has 0 rings (SSSR count). The van der Waals surface area contributed by atoms with Crippen LogP contribution in [0, 0.1) is 0 Å². The van der Waals surface area contributed by atoms with Crippen LogP contribution in [0.1, 0.15) is 15.3 Å². The Bertz CT molecular complexity index is 132. The summed E-state index contributed by atoms with van der Waals surface area (Å²) in [6.45, 7) is 4.27. The second-order valence-corrected chi connectivity index (χ2v) is 2.13. The maximum atomic E-state index is 9.69. The van der Waals surface area contributed by atoms with Crippen LogP contribution in [0.15, 0.2) is 0 Å². The van der Waals surface area contributed by atoms with E-state index in [0.29, 0.717) is 13.2 Å². The zero-order valence-electron chi connectivity index (χ0n) is 8.94. The van der Waals surface area contributed by atoms with Crippen molar-refractivity contribution in [1.82, 2.24) is 0 Å². The SMILES string of the molecule is CCOC(=O)S.CCOC(=O)S.[H-].[K+]. The van der Waals surface area contributed by atoms with Gasteiger partial charge in [-0.05, 0) is 13.8 Å². The molecule has 0 fully saturated rings. The predicted molar refractivity (Wildman–Crippen MR) is 53.1 cm³/mol. The third kappa shape index (κ3) is 31.9. The fourth-order valence-electron chi connectivity index (χ4n) is 0.247. The molecule has 0 aliphatic carbocycles. The summed E-state index contributed by atoms with van der Waals surface area (Å²) < 4.78 is 8.53. The molecule has 0 aromatic rings. The van der Waals surface area contributed by atoms with E-state index >= 15 is 0 Å². The van der Waals surface area contributed by atoms with Crippen molar-refractivity contribution in [2.75, 3.05) is 13.2 Å². The van der Waals surface area contributed by atoms with Crippen molar-refractivity contribution in [3.63, 3.8) is 0 Å². The second kappa shape index (κ2) is 15.7. The van der Waals surface area contributed by atoms with E-state index in [1.807, 2.05) is 0 Å². The average molecular weight is 252 g/mol. The van der Waals surface area contributed by atoms with Gasteiger partial charge in [0.25, 0.3) is 0 Å². The van der Waals surface area contributed by atoms with Gasteiger partial charge >= 0.3 is 62.0 Å². The van der Waals surface area contributed by atoms with Crippen LogP contribution in [0.5, 0.6) is 0 Å². The number of rotatable bonds is 2. The van der Waals surface area contributed by atoms with Gasteiger partial charge in [-0.1, -0.05) is 25.3 Å². The van der Waals surface area contributed by atoms with Crippen LogP contribution in [-0.4, -0.2) is 23.8 Å². The van der Waals surface area contributed by atoms with Crippen LogP contribution >= 0.6 is 25.3 Å². The van der Waals surface area contributed by atoms with Gasteiger partial charge in [-0.25, -0.2) is 9.59 Å². The van der Waals surface area contributed by atoms with Gasteiger partial charge in [-0.2, -0.15) is 0 Å². The number of thiol groups is 2. The normalized spacial score (nSPS) is 7.08. The van der Waals surface area contributed by atoms with Crippen LogP contribution in [0.25, 0.3) is 0 Å². The number of carbonyl (C=O) groups excluding carboxylic acids is 2. The topological polar surface area (TPSA) is 52.6 Å². The molecule has 0 saturated carbocycles. The maximum Gasteiger partial charge on any atom is 1.00 e. The molecule has 7 heteroatoms. The molecular weight excluding hydrogens is 239 g/mol. The number of carbonyl (C=O) groups is 2. The maximum absolute atomic E-state index is 9.69. The Morgan fingerprint density at radius 1 is 1.08 bits per heavy atom. The standard InChI is InChI=1S/2C3H6O2S.K.H/c2*1-2-5-3(4)6;;/h2*2H2,1H3,(H,4,6);;/q;;+1;-1. The number of hydrogen-bond acceptors (Lipinski definition) is 4. The molecule has 0 bridgehead atoms. The van der Waals surface area contributed by atoms with E-state index in [4.69, 9.17) is 0 Å². The van der Waals surface area contributed by atoms with Crippen molar-refractivity contribution in [3.05, 3.63) is 0 Å². The van der Waals surface area contributed by atoms with Crippen molar-refractivity contribution < 1.29 is 71.9 Å². The molecule has 0 spiro atoms. The Kier molecular flexibility index (Phi) is 24.0. The Morgan fingerprint density at radius 3 is 1.31 bits per heavy atom. The number of hydrogen-bond donors (Lipinski definition) is 2. The van der Waals surface area contributed by atoms with Crippen LogP contribution in [-0.2, 0) is 9.47 Å². The van der Waals surface area contributed by atoms with Gasteiger partial charge in [0, 0.05) is 0 Å². The molecule has 0 radical (unpaired) electrons. The molecule has 13 heavy (non-hydrogen) atoms. The third-order valence-corrected chi connectivity index (χ3v) is 0.794. The van der Waals surface area contributed by atoms with Gasteiger partial charge in [0.05, 0.1) is 13.2 Å². The summed E-state index contributed by atoms with van der Waals surface area (Å²) in [6.07, 6.45) is 0. The van der Waals surface area contributed by atoms with E-state index in [-0.39, 0.29) is 52.8 Å². The zero-order chi connectivity index (χ0) is 9.98. The largest absolute Gasteiger partial charge is 1.00 e. The van der Waals surface area contributed by atoms with Crippen LogP contribution in [0.2, 0.25) is 0 Å². The summed E-state index contributed by atoms with van der Waals surface area (Å²) in [4.78, 5) is 19.4. The molecule has 4 nitrogen and oxygen atoms in total. The zero-order valence-corrected chi connectivity index (χ0v) is 12.9. The molecule has 0 atom stereocenters. The van der Waals surface area contributed by atoms with E-state index in [1.165, 1.54) is 0 Å². The molecule has 0 amide bonds. The van der Waals surface area contributed by atoms with E-state index in [9.17, 15) is 9.59 Å². The van der Waals surface area contributed by atoms with Crippen molar-refractivity contribution >= 4 is 35.9 Å². The first-order valence-corrected chi connectivity index (χ1v) is 4.15. The molecule has 0 unspecified atom stereocenters. The van der Waals surface area contributed by atoms with Crippen molar-refractivity contribution in [3.8, 4) is 0 Å². The minimum absolute atomic E-state index is 0. The van der Waals surface area contributed by atoms with Gasteiger partial charge in [0.15, 0.2) is 0 Å². The molecule has 0 aromatic heterocycles. The van der Waals surface area contributed by atoms with E-state index in [0.717, 1.165) is 0 Å². The Labute approximate surface area is 133 Å². The molecule has 0 heterocycles. The minimum Gasteiger partial charge on any atom is -1.00 e. The first-order valence-electron chi connectivity index (χ1n) is 3.26. The molecule has 74 valence electrons. The second-order valence-electron chi connectivity index (χ2n) is 1.40. The first-order chi connectivity index (χ1) is 5.54. The van der Waals surface area contributed by atoms with Gasteiger partial charge in [-0.15, -0.1) is 0 Å². The average Bonchev–Trinajstić information content (AvgIpc) is 1.87. The quantitative estimate of drug-likeness (QED) is 0.386. The first kappa shape index (κ1) is 19.8. The van der Waals surface area contributed by atoms with Crippen molar-refractivity contribution in [2.24, 2.45) is 0 Å². The summed E-state index contributed by atoms with van der Waals surface area (Å²) in [7, 11) is 0. The molecule has 0 saturated heterocycles. The predicted octanol–water partition coefficient (Wildman–Crippen LogP) is -0.738. The molecule has 0 aromatic carbocycles. The van der Waals surface area contributed by atoms with Gasteiger partial charge < -0.3 is 10.9 Å². The Morgan fingerprint density at radius 2 is 1.31 bits per heavy atom. The fourth-order valence-corrected chi connectivity index (χ4v) is 0.505. The molecule has 0 aliphatic heterocycles. The summed E-state index contributed by atoms with van der Waals surface area (Å²) in [5.74, 6) is 0. The van der Waals surface area contributed by atoms with E-state index < -0.39 is 10.6 Å². The van der Waals surface area contributed by atoms with Crippen LogP contribution in [0.4, 0.5) is 9.59 Å². The van der Waals surface area contributed by atoms with E-state index in [1.54, 1.807) is 13.8 Å². The third-order valence-electron chi connectivity index (χ3n) is 0.536. The Balaban J connectivity index is -0.0000000625. The monoisotopic (exact) mass is 252 g/mol. The smallest absolute Gasteiger partial charge is 1.00 e. The van der Waals surface area contributed by atoms with E-state index in [2.05, 4.69) is 34.7 Å². The van der Waals surface area contributed by atoms with Crippen molar-refractivity contribution in [1.29, 1.82) is 0 Å². The fraction of sp³-hybridized carbons (Fsp3) is 0.667. The van der Waals surface area contributed by atoms with Gasteiger partial charge in [-0.3, -0.25) is 0 Å². The van der Waals surface area contributed by atoms with Crippen LogP contribution in [0.3, 0.4) is 0 Å². The van der Waals surface area contributed by atoms with Crippen LogP contribution < -0.4 is 51.4 Å². The molecule has 0 N–H and O–H groups in total. The molecule has 0 aliphatic rings. The van der Waals surface area contributed by atoms with Gasteiger partial charge in [0.2, 0.25) is 0 Å². The summed E-state index contributed by atoms with van der Waals surface area (Å²) in [5, 5.41) is -1.03. The Hall–Kier alpha value is 1.28. The summed E-state index contributed by atoms with van der Waals surface area (Å²) >= 11 is 6.63. The summed E-state index contributed by atoms with van der Waals surface area (Å²) in [6, 6.07) is 0.